The fourth-order valence-corrected chi connectivity index (χ4v) is 1.93. The third kappa shape index (κ3) is 2.93. The van der Waals surface area contributed by atoms with Gasteiger partial charge in [0.1, 0.15) is 0 Å². The maximum absolute atomic E-state index is 9.74. The molecule has 0 aliphatic heterocycles. The molecule has 0 aliphatic rings. The third-order valence-corrected chi connectivity index (χ3v) is 3.11. The van der Waals surface area contributed by atoms with Crippen molar-refractivity contribution in [2.24, 2.45) is 0 Å². The first-order valence-electron chi connectivity index (χ1n) is 6.21. The van der Waals surface area contributed by atoms with Gasteiger partial charge in [0.25, 0.3) is 0 Å². The van der Waals surface area contributed by atoms with Gasteiger partial charge in [-0.25, -0.2) is 0 Å². The standard InChI is InChI=1S/C15H19NO2/c1-3-15(17)13-4-6-14(7-5-13)16(2)10-12-8-9-18-11-12/h4-9,11,15,17H,3,10H2,1-2H3. The van der Waals surface area contributed by atoms with Crippen LogP contribution in [0.3, 0.4) is 0 Å². The molecule has 1 aromatic heterocycles. The average molecular weight is 245 g/mol. The van der Waals surface area contributed by atoms with Crippen LogP contribution in [0.25, 0.3) is 0 Å². The molecule has 3 nitrogen and oxygen atoms in total. The Balaban J connectivity index is 2.04. The monoisotopic (exact) mass is 245 g/mol. The molecule has 1 atom stereocenters. The lowest BCUT2D eigenvalue weighted by molar-refractivity contribution is 0.173. The minimum atomic E-state index is -0.363. The average Bonchev–Trinajstić information content (AvgIpc) is 2.91. The van der Waals surface area contributed by atoms with Gasteiger partial charge in [-0.15, -0.1) is 0 Å². The highest BCUT2D eigenvalue weighted by molar-refractivity contribution is 5.47. The summed E-state index contributed by atoms with van der Waals surface area (Å²) in [6.07, 6.45) is 3.82. The number of hydrogen-bond donors (Lipinski definition) is 1. The van der Waals surface area contributed by atoms with E-state index >= 15 is 0 Å². The van der Waals surface area contributed by atoms with E-state index in [-0.39, 0.29) is 6.10 Å². The second-order valence-corrected chi connectivity index (χ2v) is 4.50. The summed E-state index contributed by atoms with van der Waals surface area (Å²) in [7, 11) is 2.04. The highest BCUT2D eigenvalue weighted by Gasteiger charge is 2.06. The number of benzene rings is 1. The van der Waals surface area contributed by atoms with Crippen LogP contribution >= 0.6 is 0 Å². The van der Waals surface area contributed by atoms with E-state index in [4.69, 9.17) is 4.42 Å². The Morgan fingerprint density at radius 1 is 1.22 bits per heavy atom. The van der Waals surface area contributed by atoms with Gasteiger partial charge < -0.3 is 14.4 Å². The van der Waals surface area contributed by atoms with Gasteiger partial charge >= 0.3 is 0 Å². The molecule has 3 heteroatoms. The second kappa shape index (κ2) is 5.74. The second-order valence-electron chi connectivity index (χ2n) is 4.50. The van der Waals surface area contributed by atoms with Crippen LogP contribution in [0, 0.1) is 0 Å². The van der Waals surface area contributed by atoms with Crippen molar-refractivity contribution in [3.63, 3.8) is 0 Å². The summed E-state index contributed by atoms with van der Waals surface area (Å²) in [5.74, 6) is 0. The molecule has 1 N–H and O–H groups in total. The van der Waals surface area contributed by atoms with E-state index in [1.165, 1.54) is 0 Å². The highest BCUT2D eigenvalue weighted by Crippen LogP contribution is 2.21. The maximum atomic E-state index is 9.74. The molecule has 0 aliphatic carbocycles. The van der Waals surface area contributed by atoms with Gasteiger partial charge in [0.2, 0.25) is 0 Å². The van der Waals surface area contributed by atoms with Gasteiger partial charge in [-0.1, -0.05) is 19.1 Å². The first kappa shape index (κ1) is 12.7. The molecule has 0 saturated heterocycles. The topological polar surface area (TPSA) is 36.6 Å². The van der Waals surface area contributed by atoms with Crippen molar-refractivity contribution in [2.75, 3.05) is 11.9 Å². The zero-order chi connectivity index (χ0) is 13.0. The quantitative estimate of drug-likeness (QED) is 0.877. The van der Waals surface area contributed by atoms with E-state index in [0.29, 0.717) is 0 Å². The van der Waals surface area contributed by atoms with Crippen molar-refractivity contribution in [3.8, 4) is 0 Å². The largest absolute Gasteiger partial charge is 0.472 e. The van der Waals surface area contributed by atoms with Gasteiger partial charge in [0, 0.05) is 24.8 Å². The predicted octanol–water partition coefficient (Wildman–Crippen LogP) is 3.36. The summed E-state index contributed by atoms with van der Waals surface area (Å²) in [5, 5.41) is 9.74. The first-order valence-corrected chi connectivity index (χ1v) is 6.21. The molecule has 2 rings (SSSR count). The maximum Gasteiger partial charge on any atom is 0.0952 e. The molecule has 0 radical (unpaired) electrons. The normalized spacial score (nSPS) is 12.4. The molecular formula is C15H19NO2. The van der Waals surface area contributed by atoms with Crippen molar-refractivity contribution < 1.29 is 9.52 Å². The molecule has 1 aromatic carbocycles. The number of anilines is 1. The van der Waals surface area contributed by atoms with E-state index in [2.05, 4.69) is 4.90 Å². The lowest BCUT2D eigenvalue weighted by atomic mass is 10.1. The van der Waals surface area contributed by atoms with Crippen molar-refractivity contribution in [1.82, 2.24) is 0 Å². The van der Waals surface area contributed by atoms with Crippen LogP contribution in [0.2, 0.25) is 0 Å². The molecule has 0 amide bonds. The van der Waals surface area contributed by atoms with Gasteiger partial charge in [-0.2, -0.15) is 0 Å². The first-order chi connectivity index (χ1) is 8.70. The Labute approximate surface area is 108 Å². The molecule has 96 valence electrons. The van der Waals surface area contributed by atoms with Gasteiger partial charge in [-0.3, -0.25) is 0 Å². The number of nitrogens with zero attached hydrogens (tertiary/aromatic N) is 1. The zero-order valence-corrected chi connectivity index (χ0v) is 10.8. The molecule has 0 spiro atoms. The van der Waals surface area contributed by atoms with Gasteiger partial charge in [-0.05, 0) is 30.2 Å². The predicted molar refractivity (Wildman–Crippen MR) is 72.5 cm³/mol. The Bertz CT molecular complexity index is 462. The van der Waals surface area contributed by atoms with E-state index in [1.807, 2.05) is 44.3 Å². The third-order valence-electron chi connectivity index (χ3n) is 3.11. The number of rotatable bonds is 5. The lowest BCUT2D eigenvalue weighted by Gasteiger charge is -2.19. The number of furan rings is 1. The van der Waals surface area contributed by atoms with Gasteiger partial charge in [0.15, 0.2) is 0 Å². The minimum Gasteiger partial charge on any atom is -0.472 e. The molecule has 1 heterocycles. The Morgan fingerprint density at radius 2 is 1.94 bits per heavy atom. The summed E-state index contributed by atoms with van der Waals surface area (Å²) in [5.41, 5.74) is 3.25. The van der Waals surface area contributed by atoms with Crippen LogP contribution < -0.4 is 4.90 Å². The number of aliphatic hydroxyl groups is 1. The van der Waals surface area contributed by atoms with Crippen LogP contribution in [-0.4, -0.2) is 12.2 Å². The molecule has 0 saturated carbocycles. The van der Waals surface area contributed by atoms with Crippen LogP contribution in [0.4, 0.5) is 5.69 Å². The van der Waals surface area contributed by atoms with Crippen LogP contribution in [0.5, 0.6) is 0 Å². The zero-order valence-electron chi connectivity index (χ0n) is 10.8. The smallest absolute Gasteiger partial charge is 0.0952 e. The molecule has 18 heavy (non-hydrogen) atoms. The molecule has 2 aromatic rings. The van der Waals surface area contributed by atoms with Crippen molar-refractivity contribution in [2.45, 2.75) is 26.0 Å². The van der Waals surface area contributed by atoms with Gasteiger partial charge in [0.05, 0.1) is 18.6 Å². The van der Waals surface area contributed by atoms with E-state index in [9.17, 15) is 5.11 Å². The molecule has 1 unspecified atom stereocenters. The van der Waals surface area contributed by atoms with E-state index in [1.54, 1.807) is 12.5 Å². The molecule has 0 fully saturated rings. The van der Waals surface area contributed by atoms with Crippen molar-refractivity contribution in [3.05, 3.63) is 54.0 Å². The lowest BCUT2D eigenvalue weighted by Crippen LogP contribution is -2.15. The number of aliphatic hydroxyl groups excluding tert-OH is 1. The SMILES string of the molecule is CCC(O)c1ccc(N(C)Cc2ccoc2)cc1. The highest BCUT2D eigenvalue weighted by atomic mass is 16.3. The van der Waals surface area contributed by atoms with Crippen LogP contribution in [0.1, 0.15) is 30.6 Å². The van der Waals surface area contributed by atoms with Crippen LogP contribution in [-0.2, 0) is 6.54 Å². The summed E-state index contributed by atoms with van der Waals surface area (Å²) in [6.45, 7) is 2.79. The Hall–Kier alpha value is -1.74. The van der Waals surface area contributed by atoms with Crippen molar-refractivity contribution >= 4 is 5.69 Å². The molecule has 0 bridgehead atoms. The minimum absolute atomic E-state index is 0.363. The Kier molecular flexibility index (Phi) is 4.05. The fraction of sp³-hybridized carbons (Fsp3) is 0.333. The summed E-state index contributed by atoms with van der Waals surface area (Å²) in [4.78, 5) is 2.15. The van der Waals surface area contributed by atoms with Crippen molar-refractivity contribution in [1.29, 1.82) is 0 Å². The summed E-state index contributed by atoms with van der Waals surface area (Å²) in [6, 6.07) is 10.00. The summed E-state index contributed by atoms with van der Waals surface area (Å²) < 4.78 is 5.06. The van der Waals surface area contributed by atoms with E-state index < -0.39 is 0 Å². The fourth-order valence-electron chi connectivity index (χ4n) is 1.93. The Morgan fingerprint density at radius 3 is 2.50 bits per heavy atom. The van der Waals surface area contributed by atoms with E-state index in [0.717, 1.165) is 29.8 Å². The molecular weight excluding hydrogens is 226 g/mol. The van der Waals surface area contributed by atoms with Crippen LogP contribution in [0.15, 0.2) is 47.3 Å². The summed E-state index contributed by atoms with van der Waals surface area (Å²) >= 11 is 0. The number of hydrogen-bond acceptors (Lipinski definition) is 3.